The molecule has 4 atom stereocenters. The molecular weight excluding hydrogens is 224 g/mol. The minimum absolute atomic E-state index is 0.129. The van der Waals surface area contributed by atoms with Crippen LogP contribution in [0.25, 0.3) is 0 Å². The fourth-order valence-corrected chi connectivity index (χ4v) is 1.73. The lowest BCUT2D eigenvalue weighted by Gasteiger charge is -2.14. The first kappa shape index (κ1) is 12.5. The van der Waals surface area contributed by atoms with Gasteiger partial charge in [0.15, 0.2) is 6.29 Å². The monoisotopic (exact) mass is 240 g/mol. The summed E-state index contributed by atoms with van der Waals surface area (Å²) in [6.45, 7) is 0.532. The van der Waals surface area contributed by atoms with Crippen LogP contribution in [0.2, 0.25) is 0 Å². The van der Waals surface area contributed by atoms with Crippen molar-refractivity contribution in [1.29, 1.82) is 0 Å². The Labute approximate surface area is 99.2 Å². The van der Waals surface area contributed by atoms with E-state index in [4.69, 9.17) is 14.6 Å². The summed E-state index contributed by atoms with van der Waals surface area (Å²) in [5.41, 5.74) is 1.01. The molecule has 1 aromatic carbocycles. The highest BCUT2D eigenvalue weighted by Gasteiger charge is 2.41. The number of aliphatic hydroxyl groups excluding tert-OH is 3. The van der Waals surface area contributed by atoms with E-state index in [1.165, 1.54) is 0 Å². The standard InChI is InChI=1S/C12H16O5/c13-10-9(17-12(15)11(10)14)7-16-6-8-4-2-1-3-5-8/h1-5,9-15H,6-7H2/t9-,10?,11+,12?/m1/s1. The third-order valence-electron chi connectivity index (χ3n) is 2.73. The highest BCUT2D eigenvalue weighted by Crippen LogP contribution is 2.19. The highest BCUT2D eigenvalue weighted by molar-refractivity contribution is 5.13. The molecule has 3 N–H and O–H groups in total. The van der Waals surface area contributed by atoms with Crippen LogP contribution in [-0.2, 0) is 16.1 Å². The first-order chi connectivity index (χ1) is 8.18. The Morgan fingerprint density at radius 2 is 1.76 bits per heavy atom. The largest absolute Gasteiger partial charge is 0.387 e. The van der Waals surface area contributed by atoms with Crippen LogP contribution < -0.4 is 0 Å². The Kier molecular flexibility index (Phi) is 4.09. The molecule has 94 valence electrons. The van der Waals surface area contributed by atoms with Gasteiger partial charge in [-0.05, 0) is 5.56 Å². The van der Waals surface area contributed by atoms with Crippen molar-refractivity contribution in [3.63, 3.8) is 0 Å². The van der Waals surface area contributed by atoms with Crippen molar-refractivity contribution in [3.05, 3.63) is 35.9 Å². The second-order valence-corrected chi connectivity index (χ2v) is 4.05. The molecule has 0 bridgehead atoms. The van der Waals surface area contributed by atoms with E-state index >= 15 is 0 Å². The van der Waals surface area contributed by atoms with E-state index < -0.39 is 24.6 Å². The van der Waals surface area contributed by atoms with Gasteiger partial charge in [0.05, 0.1) is 13.2 Å². The Balaban J connectivity index is 1.76. The fraction of sp³-hybridized carbons (Fsp3) is 0.500. The number of hydrogen-bond acceptors (Lipinski definition) is 5. The van der Waals surface area contributed by atoms with Gasteiger partial charge in [-0.3, -0.25) is 0 Å². The summed E-state index contributed by atoms with van der Waals surface area (Å²) in [6, 6.07) is 9.59. The van der Waals surface area contributed by atoms with Crippen LogP contribution >= 0.6 is 0 Å². The molecule has 0 amide bonds. The topological polar surface area (TPSA) is 79.2 Å². The lowest BCUT2D eigenvalue weighted by atomic mass is 10.1. The van der Waals surface area contributed by atoms with Crippen LogP contribution in [0, 0.1) is 0 Å². The van der Waals surface area contributed by atoms with Gasteiger partial charge in [-0.25, -0.2) is 0 Å². The smallest absolute Gasteiger partial charge is 0.184 e. The van der Waals surface area contributed by atoms with Crippen LogP contribution in [0.3, 0.4) is 0 Å². The molecule has 2 unspecified atom stereocenters. The van der Waals surface area contributed by atoms with Crippen molar-refractivity contribution in [2.24, 2.45) is 0 Å². The van der Waals surface area contributed by atoms with Crippen molar-refractivity contribution in [2.45, 2.75) is 31.2 Å². The van der Waals surface area contributed by atoms with E-state index in [0.29, 0.717) is 6.61 Å². The van der Waals surface area contributed by atoms with Gasteiger partial charge in [0, 0.05) is 0 Å². The van der Waals surface area contributed by atoms with Crippen molar-refractivity contribution in [2.75, 3.05) is 6.61 Å². The van der Waals surface area contributed by atoms with Gasteiger partial charge in [0.25, 0.3) is 0 Å². The average Bonchev–Trinajstić information content (AvgIpc) is 2.59. The Bertz CT molecular complexity index is 342. The summed E-state index contributed by atoms with van der Waals surface area (Å²) >= 11 is 0. The van der Waals surface area contributed by atoms with E-state index in [1.807, 2.05) is 30.3 Å². The fourth-order valence-electron chi connectivity index (χ4n) is 1.73. The van der Waals surface area contributed by atoms with Crippen molar-refractivity contribution < 1.29 is 24.8 Å². The molecule has 5 heteroatoms. The maximum absolute atomic E-state index is 9.51. The van der Waals surface area contributed by atoms with Crippen LogP contribution in [0.1, 0.15) is 5.56 Å². The first-order valence-corrected chi connectivity index (χ1v) is 5.50. The predicted octanol–water partition coefficient (Wildman–Crippen LogP) is -0.358. The predicted molar refractivity (Wildman–Crippen MR) is 59.0 cm³/mol. The van der Waals surface area contributed by atoms with Crippen LogP contribution in [0.4, 0.5) is 0 Å². The second-order valence-electron chi connectivity index (χ2n) is 4.05. The van der Waals surface area contributed by atoms with Gasteiger partial charge in [0.2, 0.25) is 0 Å². The van der Waals surface area contributed by atoms with Crippen molar-refractivity contribution >= 4 is 0 Å². The molecule has 1 saturated heterocycles. The molecule has 0 radical (unpaired) electrons. The maximum Gasteiger partial charge on any atom is 0.184 e. The zero-order chi connectivity index (χ0) is 12.3. The molecule has 1 fully saturated rings. The zero-order valence-electron chi connectivity index (χ0n) is 9.27. The highest BCUT2D eigenvalue weighted by atomic mass is 16.7. The maximum atomic E-state index is 9.51. The number of aliphatic hydroxyl groups is 3. The Morgan fingerprint density at radius 3 is 2.35 bits per heavy atom. The number of benzene rings is 1. The molecule has 0 aromatic heterocycles. The molecule has 5 nitrogen and oxygen atoms in total. The second kappa shape index (κ2) is 5.57. The van der Waals surface area contributed by atoms with Crippen LogP contribution in [-0.4, -0.2) is 46.5 Å². The van der Waals surface area contributed by atoms with E-state index in [-0.39, 0.29) is 6.61 Å². The van der Waals surface area contributed by atoms with Crippen molar-refractivity contribution in [1.82, 2.24) is 0 Å². The molecule has 0 spiro atoms. The summed E-state index contributed by atoms with van der Waals surface area (Å²) in [7, 11) is 0. The van der Waals surface area contributed by atoms with E-state index in [9.17, 15) is 10.2 Å². The third-order valence-corrected chi connectivity index (χ3v) is 2.73. The molecule has 1 aromatic rings. The average molecular weight is 240 g/mol. The van der Waals surface area contributed by atoms with E-state index in [1.54, 1.807) is 0 Å². The minimum atomic E-state index is -1.34. The number of rotatable bonds is 4. The molecule has 2 rings (SSSR count). The minimum Gasteiger partial charge on any atom is -0.387 e. The molecule has 0 saturated carbocycles. The van der Waals surface area contributed by atoms with Gasteiger partial charge < -0.3 is 24.8 Å². The zero-order valence-corrected chi connectivity index (χ0v) is 9.27. The van der Waals surface area contributed by atoms with E-state index in [0.717, 1.165) is 5.56 Å². The number of ether oxygens (including phenoxy) is 2. The van der Waals surface area contributed by atoms with Gasteiger partial charge in [-0.15, -0.1) is 0 Å². The van der Waals surface area contributed by atoms with Gasteiger partial charge in [-0.2, -0.15) is 0 Å². The van der Waals surface area contributed by atoms with E-state index in [2.05, 4.69) is 0 Å². The molecule has 1 aliphatic rings. The molecular formula is C12H16O5. The molecule has 1 aliphatic heterocycles. The SMILES string of the molecule is OC1O[C@H](COCc2ccccc2)C(O)[C@@H]1O. The molecule has 17 heavy (non-hydrogen) atoms. The van der Waals surface area contributed by atoms with Crippen LogP contribution in [0.15, 0.2) is 30.3 Å². The quantitative estimate of drug-likeness (QED) is 0.670. The van der Waals surface area contributed by atoms with Gasteiger partial charge in [-0.1, -0.05) is 30.3 Å². The molecule has 0 aliphatic carbocycles. The van der Waals surface area contributed by atoms with Crippen molar-refractivity contribution in [3.8, 4) is 0 Å². The van der Waals surface area contributed by atoms with Gasteiger partial charge >= 0.3 is 0 Å². The lowest BCUT2D eigenvalue weighted by Crippen LogP contribution is -2.34. The van der Waals surface area contributed by atoms with Crippen LogP contribution in [0.5, 0.6) is 0 Å². The summed E-state index contributed by atoms with van der Waals surface area (Å²) in [4.78, 5) is 0. The lowest BCUT2D eigenvalue weighted by molar-refractivity contribution is -0.137. The Hall–Kier alpha value is -0.980. The molecule has 1 heterocycles. The summed E-state index contributed by atoms with van der Waals surface area (Å²) < 4.78 is 10.3. The first-order valence-electron chi connectivity index (χ1n) is 5.50. The summed E-state index contributed by atoms with van der Waals surface area (Å²) in [6.07, 6.45) is -4.40. The van der Waals surface area contributed by atoms with Gasteiger partial charge in [0.1, 0.15) is 18.3 Å². The Morgan fingerprint density at radius 1 is 1.06 bits per heavy atom. The summed E-state index contributed by atoms with van der Waals surface area (Å²) in [5.74, 6) is 0. The number of hydrogen-bond donors (Lipinski definition) is 3. The third kappa shape index (κ3) is 3.02. The summed E-state index contributed by atoms with van der Waals surface area (Å²) in [5, 5.41) is 27.9. The normalized spacial score (nSPS) is 32.9.